The minimum Gasteiger partial charge on any atom is -0.461 e. The normalized spacial score (nSPS) is 12.4. The molecule has 154 valence electrons. The Morgan fingerprint density at radius 3 is 2.41 bits per heavy atom. The molecule has 0 bridgehead atoms. The van der Waals surface area contributed by atoms with E-state index < -0.39 is 25.8 Å². The van der Waals surface area contributed by atoms with Crippen LogP contribution in [0.1, 0.15) is 28.5 Å². The largest absolute Gasteiger partial charge is 0.461 e. The summed E-state index contributed by atoms with van der Waals surface area (Å²) in [4.78, 5) is 12.5. The summed E-state index contributed by atoms with van der Waals surface area (Å²) in [6, 6.07) is 13.0. The van der Waals surface area contributed by atoms with Crippen LogP contribution >= 0.6 is 0 Å². The Labute approximate surface area is 169 Å². The van der Waals surface area contributed by atoms with E-state index in [1.54, 1.807) is 23.6 Å². The summed E-state index contributed by atoms with van der Waals surface area (Å²) in [7, 11) is -1.61. The molecule has 1 aromatic heterocycles. The third-order valence-electron chi connectivity index (χ3n) is 4.85. The van der Waals surface area contributed by atoms with Crippen LogP contribution in [0, 0.1) is 0 Å². The lowest BCUT2D eigenvalue weighted by atomic mass is 10.1. The van der Waals surface area contributed by atoms with Crippen LogP contribution in [0.4, 0.5) is 13.2 Å². The number of carbonyl (C=O) groups excluding carboxylic acids is 1. The van der Waals surface area contributed by atoms with Crippen molar-refractivity contribution < 1.29 is 22.7 Å². The summed E-state index contributed by atoms with van der Waals surface area (Å²) in [5, 5.41) is 2.07. The van der Waals surface area contributed by atoms with E-state index in [2.05, 4.69) is 31.8 Å². The van der Waals surface area contributed by atoms with Crippen molar-refractivity contribution >= 4 is 30.1 Å². The first-order valence-electron chi connectivity index (χ1n) is 9.47. The molecule has 0 saturated carbocycles. The number of rotatable bonds is 5. The Morgan fingerprint density at radius 2 is 1.79 bits per heavy atom. The number of ether oxygens (including phenoxy) is 1. The van der Waals surface area contributed by atoms with Crippen LogP contribution in [-0.4, -0.2) is 25.2 Å². The van der Waals surface area contributed by atoms with Crippen LogP contribution in [0.25, 0.3) is 10.9 Å². The van der Waals surface area contributed by atoms with Gasteiger partial charge in [-0.2, -0.15) is 13.2 Å². The Balaban J connectivity index is 2.15. The minimum absolute atomic E-state index is 0.150. The second-order valence-electron chi connectivity index (χ2n) is 8.06. The van der Waals surface area contributed by atoms with Gasteiger partial charge in [-0.25, -0.2) is 4.79 Å². The number of hydrogen-bond donors (Lipinski definition) is 0. The molecule has 0 unspecified atom stereocenters. The molecular weight excluding hydrogens is 395 g/mol. The lowest BCUT2D eigenvalue weighted by molar-refractivity contribution is -0.137. The number of alkyl halides is 3. The number of fused-ring (bicyclic) bond motifs is 1. The summed E-state index contributed by atoms with van der Waals surface area (Å²) in [5.74, 6) is -0.481. The molecule has 0 aliphatic carbocycles. The maximum atomic E-state index is 13.1. The van der Waals surface area contributed by atoms with E-state index in [0.717, 1.165) is 23.0 Å². The lowest BCUT2D eigenvalue weighted by Crippen LogP contribution is -2.37. The maximum absolute atomic E-state index is 13.1. The van der Waals surface area contributed by atoms with Gasteiger partial charge in [0.2, 0.25) is 0 Å². The Bertz CT molecular complexity index is 1050. The predicted octanol–water partition coefficient (Wildman–Crippen LogP) is 5.43. The van der Waals surface area contributed by atoms with Gasteiger partial charge in [0.15, 0.2) is 0 Å². The highest BCUT2D eigenvalue weighted by Gasteiger charge is 2.30. The summed E-state index contributed by atoms with van der Waals surface area (Å²) in [6.45, 7) is 8.77. The maximum Gasteiger partial charge on any atom is 0.416 e. The summed E-state index contributed by atoms with van der Waals surface area (Å²) >= 11 is 0. The summed E-state index contributed by atoms with van der Waals surface area (Å²) < 4.78 is 46.3. The van der Waals surface area contributed by atoms with Crippen LogP contribution < -0.4 is 5.19 Å². The SMILES string of the molecule is CCOC(=O)c1cc2ccc([Si](C)(C)C)cc2n1Cc1cccc(C(F)(F)F)c1. The molecule has 0 saturated heterocycles. The number of carbonyl (C=O) groups is 1. The molecule has 0 fully saturated rings. The topological polar surface area (TPSA) is 31.2 Å². The van der Waals surface area contributed by atoms with Gasteiger partial charge in [-0.05, 0) is 36.8 Å². The zero-order valence-electron chi connectivity index (χ0n) is 16.9. The number of nitrogens with zero attached hydrogens (tertiary/aromatic N) is 1. The number of aromatic nitrogens is 1. The van der Waals surface area contributed by atoms with E-state index in [-0.39, 0.29) is 13.2 Å². The molecule has 0 aliphatic rings. The van der Waals surface area contributed by atoms with Crippen LogP contribution in [0.5, 0.6) is 0 Å². The highest BCUT2D eigenvalue weighted by Crippen LogP contribution is 2.30. The van der Waals surface area contributed by atoms with Gasteiger partial charge in [-0.15, -0.1) is 0 Å². The molecule has 0 aliphatic heterocycles. The predicted molar refractivity (Wildman–Crippen MR) is 111 cm³/mol. The first kappa shape index (κ1) is 21.2. The van der Waals surface area contributed by atoms with Gasteiger partial charge in [0.25, 0.3) is 0 Å². The molecule has 0 spiro atoms. The van der Waals surface area contributed by atoms with Crippen LogP contribution in [-0.2, 0) is 17.5 Å². The van der Waals surface area contributed by atoms with Crippen molar-refractivity contribution in [3.05, 3.63) is 65.4 Å². The average Bonchev–Trinajstić information content (AvgIpc) is 2.99. The zero-order chi connectivity index (χ0) is 21.4. The van der Waals surface area contributed by atoms with E-state index in [4.69, 9.17) is 4.74 Å². The summed E-state index contributed by atoms with van der Waals surface area (Å²) in [5.41, 5.74) is 0.936. The molecule has 29 heavy (non-hydrogen) atoms. The first-order valence-corrected chi connectivity index (χ1v) is 13.0. The van der Waals surface area contributed by atoms with E-state index in [9.17, 15) is 18.0 Å². The van der Waals surface area contributed by atoms with Crippen molar-refractivity contribution in [1.82, 2.24) is 4.57 Å². The fourth-order valence-electron chi connectivity index (χ4n) is 3.29. The highest BCUT2D eigenvalue weighted by atomic mass is 28.3. The van der Waals surface area contributed by atoms with Crippen LogP contribution in [0.3, 0.4) is 0 Å². The molecule has 0 amide bonds. The van der Waals surface area contributed by atoms with Gasteiger partial charge >= 0.3 is 12.1 Å². The summed E-state index contributed by atoms with van der Waals surface area (Å²) in [6.07, 6.45) is -4.41. The third-order valence-corrected chi connectivity index (χ3v) is 6.89. The van der Waals surface area contributed by atoms with Crippen molar-refractivity contribution in [2.75, 3.05) is 6.61 Å². The van der Waals surface area contributed by atoms with Gasteiger partial charge in [-0.1, -0.05) is 49.1 Å². The molecule has 1 heterocycles. The number of halogens is 3. The molecule has 3 nitrogen and oxygen atoms in total. The second kappa shape index (κ2) is 7.70. The van der Waals surface area contributed by atoms with Gasteiger partial charge < -0.3 is 9.30 Å². The number of esters is 1. The highest BCUT2D eigenvalue weighted by molar-refractivity contribution is 6.88. The number of benzene rings is 2. The molecule has 0 radical (unpaired) electrons. The van der Waals surface area contributed by atoms with E-state index in [0.29, 0.717) is 11.3 Å². The fourth-order valence-corrected chi connectivity index (χ4v) is 4.45. The smallest absolute Gasteiger partial charge is 0.416 e. The molecule has 2 aromatic carbocycles. The standard InChI is InChI=1S/C22H24F3NO2Si/c1-5-28-21(27)20-12-16-9-10-18(29(2,3)4)13-19(16)26(20)14-15-7-6-8-17(11-15)22(23,24)25/h6-13H,5,14H2,1-4H3. The Morgan fingerprint density at radius 1 is 1.07 bits per heavy atom. The molecule has 0 atom stereocenters. The van der Waals surface area contributed by atoms with Crippen molar-refractivity contribution in [2.24, 2.45) is 0 Å². The van der Waals surface area contributed by atoms with E-state index in [1.165, 1.54) is 11.3 Å². The zero-order valence-corrected chi connectivity index (χ0v) is 17.9. The molecule has 0 N–H and O–H groups in total. The van der Waals surface area contributed by atoms with E-state index >= 15 is 0 Å². The van der Waals surface area contributed by atoms with E-state index in [1.807, 2.05) is 6.07 Å². The monoisotopic (exact) mass is 419 g/mol. The van der Waals surface area contributed by atoms with Gasteiger partial charge in [0.1, 0.15) is 5.69 Å². The van der Waals surface area contributed by atoms with Gasteiger partial charge in [0.05, 0.1) is 20.2 Å². The van der Waals surface area contributed by atoms with Crippen LogP contribution in [0.2, 0.25) is 19.6 Å². The molecule has 3 aromatic rings. The van der Waals surface area contributed by atoms with Gasteiger partial charge in [-0.3, -0.25) is 0 Å². The Kier molecular flexibility index (Phi) is 5.62. The van der Waals surface area contributed by atoms with Crippen LogP contribution in [0.15, 0.2) is 48.5 Å². The average molecular weight is 420 g/mol. The second-order valence-corrected chi connectivity index (χ2v) is 13.1. The van der Waals surface area contributed by atoms with Crippen molar-refractivity contribution in [2.45, 2.75) is 39.3 Å². The molecule has 3 rings (SSSR count). The molecular formula is C22H24F3NO2Si. The number of hydrogen-bond acceptors (Lipinski definition) is 2. The van der Waals surface area contributed by atoms with Crippen molar-refractivity contribution in [3.63, 3.8) is 0 Å². The third kappa shape index (κ3) is 4.55. The van der Waals surface area contributed by atoms with Crippen molar-refractivity contribution in [3.8, 4) is 0 Å². The lowest BCUT2D eigenvalue weighted by Gasteiger charge is -2.18. The molecule has 7 heteroatoms. The first-order chi connectivity index (χ1) is 13.5. The minimum atomic E-state index is -4.41. The van der Waals surface area contributed by atoms with Crippen molar-refractivity contribution in [1.29, 1.82) is 0 Å². The van der Waals surface area contributed by atoms with Gasteiger partial charge in [0, 0.05) is 17.4 Å². The fraction of sp³-hybridized carbons (Fsp3) is 0.318. The Hall–Kier alpha value is -2.54. The quantitative estimate of drug-likeness (QED) is 0.408.